The number of carbonyl (C=O) groups excluding carboxylic acids is 2. The monoisotopic (exact) mass is 498 g/mol. The van der Waals surface area contributed by atoms with Gasteiger partial charge >= 0.3 is 37.7 Å². The SMILES string of the molecule is CCCCCCCCCCCCOC(=O)[O-].CCCCCCCCCCCCOC(=O)[O-].[Ca+2]. The maximum absolute atomic E-state index is 9.93. The van der Waals surface area contributed by atoms with E-state index < -0.39 is 12.3 Å². The molecule has 6 nitrogen and oxygen atoms in total. The Balaban J connectivity index is -0.000000529. The molecule has 0 bridgehead atoms. The van der Waals surface area contributed by atoms with Crippen molar-refractivity contribution >= 4 is 50.0 Å². The maximum Gasteiger partial charge on any atom is 2.00 e. The quantitative estimate of drug-likeness (QED) is 0.101. The summed E-state index contributed by atoms with van der Waals surface area (Å²) in [6.45, 7) is 5.04. The number of ether oxygens (including phenoxy) is 2. The standard InChI is InChI=1S/2C13H26O3.Ca/c2*1-2-3-4-5-6-7-8-9-10-11-12-16-13(14)15;/h2*2-12H2,1H3,(H,14,15);/q;;+2/p-2. The molecule has 0 aromatic heterocycles. The van der Waals surface area contributed by atoms with Crippen molar-refractivity contribution < 1.29 is 29.3 Å². The largest absolute Gasteiger partial charge is 2.00 e. The summed E-state index contributed by atoms with van der Waals surface area (Å²) in [6.07, 6.45) is 21.9. The van der Waals surface area contributed by atoms with Gasteiger partial charge in [-0.15, -0.1) is 0 Å². The van der Waals surface area contributed by atoms with Gasteiger partial charge in [0, 0.05) is 13.2 Å². The number of carbonyl (C=O) groups is 2. The van der Waals surface area contributed by atoms with Crippen molar-refractivity contribution in [3.05, 3.63) is 0 Å². The van der Waals surface area contributed by atoms with Crippen LogP contribution in [0.4, 0.5) is 9.59 Å². The third-order valence-corrected chi connectivity index (χ3v) is 5.44. The zero-order chi connectivity index (χ0) is 24.1. The molecular formula is C26H50CaO6. The van der Waals surface area contributed by atoms with E-state index in [0.29, 0.717) is 13.2 Å². The molecular weight excluding hydrogens is 448 g/mol. The van der Waals surface area contributed by atoms with E-state index in [9.17, 15) is 19.8 Å². The van der Waals surface area contributed by atoms with E-state index in [1.165, 1.54) is 103 Å². The molecule has 0 spiro atoms. The second-order valence-corrected chi connectivity index (χ2v) is 8.56. The predicted molar refractivity (Wildman–Crippen MR) is 132 cm³/mol. The van der Waals surface area contributed by atoms with E-state index in [0.717, 1.165) is 25.7 Å². The van der Waals surface area contributed by atoms with Gasteiger partial charge in [0.1, 0.15) is 0 Å². The summed E-state index contributed by atoms with van der Waals surface area (Å²) in [6, 6.07) is 0. The Morgan fingerprint density at radius 3 is 0.879 bits per heavy atom. The maximum atomic E-state index is 9.93. The summed E-state index contributed by atoms with van der Waals surface area (Å²) in [7, 11) is 0. The molecule has 0 unspecified atom stereocenters. The van der Waals surface area contributed by atoms with E-state index in [4.69, 9.17) is 0 Å². The average Bonchev–Trinajstić information content (AvgIpc) is 2.76. The summed E-state index contributed by atoms with van der Waals surface area (Å²) in [5.74, 6) is 0. The van der Waals surface area contributed by atoms with Crippen molar-refractivity contribution in [3.63, 3.8) is 0 Å². The number of hydrogen-bond acceptors (Lipinski definition) is 6. The van der Waals surface area contributed by atoms with Gasteiger partial charge in [0.2, 0.25) is 0 Å². The van der Waals surface area contributed by atoms with Crippen LogP contribution in [-0.2, 0) is 9.47 Å². The van der Waals surface area contributed by atoms with Crippen molar-refractivity contribution in [3.8, 4) is 0 Å². The summed E-state index contributed by atoms with van der Waals surface area (Å²) in [4.78, 5) is 19.9. The zero-order valence-corrected chi connectivity index (χ0v) is 23.9. The Morgan fingerprint density at radius 2 is 0.667 bits per heavy atom. The summed E-state index contributed by atoms with van der Waals surface area (Å²) < 4.78 is 8.64. The first-order valence-electron chi connectivity index (χ1n) is 13.2. The van der Waals surface area contributed by atoms with Crippen LogP contribution in [0.3, 0.4) is 0 Å². The minimum Gasteiger partial charge on any atom is -0.550 e. The first-order chi connectivity index (χ1) is 15.5. The third kappa shape index (κ3) is 42.4. The first-order valence-corrected chi connectivity index (χ1v) is 13.2. The molecule has 0 saturated carbocycles. The molecule has 192 valence electrons. The third-order valence-electron chi connectivity index (χ3n) is 5.44. The summed E-state index contributed by atoms with van der Waals surface area (Å²) >= 11 is 0. The fourth-order valence-corrected chi connectivity index (χ4v) is 3.49. The van der Waals surface area contributed by atoms with Crippen LogP contribution in [0.15, 0.2) is 0 Å². The summed E-state index contributed by atoms with van der Waals surface area (Å²) in [5, 5.41) is 19.9. The molecule has 0 aliphatic rings. The molecule has 0 amide bonds. The van der Waals surface area contributed by atoms with Crippen LogP contribution in [0.25, 0.3) is 0 Å². The van der Waals surface area contributed by atoms with Gasteiger partial charge in [0.25, 0.3) is 12.3 Å². The molecule has 0 aromatic rings. The molecule has 0 N–H and O–H groups in total. The van der Waals surface area contributed by atoms with Crippen molar-refractivity contribution in [2.45, 2.75) is 142 Å². The zero-order valence-electron chi connectivity index (χ0n) is 21.7. The average molecular weight is 499 g/mol. The molecule has 0 radical (unpaired) electrons. The van der Waals surface area contributed by atoms with E-state index in [1.807, 2.05) is 0 Å². The molecule has 0 saturated heterocycles. The van der Waals surface area contributed by atoms with Gasteiger partial charge in [-0.05, 0) is 12.8 Å². The molecule has 0 atom stereocenters. The fourth-order valence-electron chi connectivity index (χ4n) is 3.49. The molecule has 7 heteroatoms. The molecule has 33 heavy (non-hydrogen) atoms. The van der Waals surface area contributed by atoms with Crippen LogP contribution in [0.1, 0.15) is 142 Å². The molecule has 0 heterocycles. The number of hydrogen-bond donors (Lipinski definition) is 0. The van der Waals surface area contributed by atoms with E-state index in [-0.39, 0.29) is 37.7 Å². The van der Waals surface area contributed by atoms with Crippen molar-refractivity contribution in [1.82, 2.24) is 0 Å². The minimum absolute atomic E-state index is 0. The number of rotatable bonds is 22. The van der Waals surface area contributed by atoms with E-state index >= 15 is 0 Å². The second-order valence-electron chi connectivity index (χ2n) is 8.56. The molecule has 0 rings (SSSR count). The number of carboxylic acid groups (broad SMARTS) is 2. The van der Waals surface area contributed by atoms with Gasteiger partial charge in [-0.1, -0.05) is 129 Å². The first kappa shape index (κ1) is 37.4. The molecule has 0 aliphatic carbocycles. The van der Waals surface area contributed by atoms with Gasteiger partial charge < -0.3 is 29.3 Å². The van der Waals surface area contributed by atoms with E-state index in [2.05, 4.69) is 23.3 Å². The Labute approximate surface area is 233 Å². The Kier molecular flexibility index (Phi) is 38.4. The Morgan fingerprint density at radius 1 is 0.455 bits per heavy atom. The van der Waals surface area contributed by atoms with Crippen molar-refractivity contribution in [2.75, 3.05) is 13.2 Å². The minimum atomic E-state index is -1.41. The van der Waals surface area contributed by atoms with Crippen LogP contribution in [-0.4, -0.2) is 63.3 Å². The second kappa shape index (κ2) is 34.0. The van der Waals surface area contributed by atoms with Gasteiger partial charge in [-0.3, -0.25) is 0 Å². The Bertz CT molecular complexity index is 357. The van der Waals surface area contributed by atoms with Crippen LogP contribution in [0.5, 0.6) is 0 Å². The topological polar surface area (TPSA) is 98.7 Å². The van der Waals surface area contributed by atoms with Crippen molar-refractivity contribution in [2.24, 2.45) is 0 Å². The van der Waals surface area contributed by atoms with Gasteiger partial charge in [0.05, 0.1) is 0 Å². The fraction of sp³-hybridized carbons (Fsp3) is 0.923. The van der Waals surface area contributed by atoms with Gasteiger partial charge in [-0.25, -0.2) is 0 Å². The van der Waals surface area contributed by atoms with Crippen LogP contribution < -0.4 is 10.2 Å². The summed E-state index contributed by atoms with van der Waals surface area (Å²) in [5.41, 5.74) is 0. The smallest absolute Gasteiger partial charge is 0.550 e. The van der Waals surface area contributed by atoms with Gasteiger partial charge in [-0.2, -0.15) is 0 Å². The van der Waals surface area contributed by atoms with Gasteiger partial charge in [0.15, 0.2) is 0 Å². The normalized spacial score (nSPS) is 10.0. The van der Waals surface area contributed by atoms with Crippen LogP contribution in [0.2, 0.25) is 0 Å². The van der Waals surface area contributed by atoms with E-state index in [1.54, 1.807) is 0 Å². The van der Waals surface area contributed by atoms with Crippen LogP contribution in [0, 0.1) is 0 Å². The van der Waals surface area contributed by atoms with Crippen molar-refractivity contribution in [1.29, 1.82) is 0 Å². The predicted octanol–water partition coefficient (Wildman–Crippen LogP) is 6.15. The Hall–Kier alpha value is -0.200. The molecule has 0 aromatic carbocycles. The molecule has 0 fully saturated rings. The van der Waals surface area contributed by atoms with Crippen LogP contribution >= 0.6 is 0 Å². The number of unbranched alkanes of at least 4 members (excludes halogenated alkanes) is 18. The molecule has 0 aliphatic heterocycles.